The molecule has 11 heteroatoms. The number of urea groups is 1. The maximum Gasteiger partial charge on any atom is 0.321 e. The molecular weight excluding hydrogens is 412 g/mol. The molecule has 2 fully saturated rings. The highest BCUT2D eigenvalue weighted by atomic mass is 16.6. The van der Waals surface area contributed by atoms with E-state index in [1.807, 2.05) is 24.3 Å². The lowest BCUT2D eigenvalue weighted by Crippen LogP contribution is -2.50. The van der Waals surface area contributed by atoms with Crippen molar-refractivity contribution in [3.05, 3.63) is 36.2 Å². The molecule has 0 atom stereocenters. The number of morpholine rings is 1. The fourth-order valence-corrected chi connectivity index (χ4v) is 3.78. The number of carbonyl (C=O) groups is 1. The van der Waals surface area contributed by atoms with Crippen molar-refractivity contribution in [2.24, 2.45) is 5.16 Å². The zero-order valence-corrected chi connectivity index (χ0v) is 18.1. The number of ether oxygens (including phenoxy) is 1. The lowest BCUT2D eigenvalue weighted by molar-refractivity contribution is 0.122. The van der Waals surface area contributed by atoms with Crippen molar-refractivity contribution in [2.45, 2.75) is 0 Å². The van der Waals surface area contributed by atoms with Crippen LogP contribution in [-0.4, -0.2) is 86.7 Å². The lowest BCUT2D eigenvalue weighted by Gasteiger charge is -2.35. The Kier molecular flexibility index (Phi) is 6.85. The molecule has 1 aromatic carbocycles. The normalized spacial score (nSPS) is 17.0. The first-order valence-electron chi connectivity index (χ1n) is 10.6. The predicted octanol–water partition coefficient (Wildman–Crippen LogP) is 1.23. The van der Waals surface area contributed by atoms with Crippen molar-refractivity contribution < 1.29 is 14.4 Å². The third kappa shape index (κ3) is 4.99. The summed E-state index contributed by atoms with van der Waals surface area (Å²) < 4.78 is 5.40. The van der Waals surface area contributed by atoms with Crippen molar-refractivity contribution in [2.75, 3.05) is 80.4 Å². The molecule has 0 bridgehead atoms. The van der Waals surface area contributed by atoms with Crippen LogP contribution in [0.5, 0.6) is 0 Å². The van der Waals surface area contributed by atoms with Gasteiger partial charge in [0.05, 0.1) is 25.0 Å². The number of aromatic nitrogens is 2. The molecular formula is C21H28N8O3. The predicted molar refractivity (Wildman–Crippen MR) is 123 cm³/mol. The first-order chi connectivity index (χ1) is 15.7. The van der Waals surface area contributed by atoms with Crippen molar-refractivity contribution in [1.29, 1.82) is 0 Å². The Hall–Kier alpha value is -3.60. The number of hydrogen-bond acceptors (Lipinski definition) is 9. The Bertz CT molecular complexity index is 939. The summed E-state index contributed by atoms with van der Waals surface area (Å²) in [6, 6.07) is 7.81. The Balaban J connectivity index is 1.33. The van der Waals surface area contributed by atoms with Crippen LogP contribution in [0.25, 0.3) is 0 Å². The highest BCUT2D eigenvalue weighted by molar-refractivity contribution is 5.92. The molecule has 2 saturated heterocycles. The summed E-state index contributed by atoms with van der Waals surface area (Å²) in [6.45, 7) is 5.60. The number of amides is 2. The topological polar surface area (TPSA) is 121 Å². The van der Waals surface area contributed by atoms with Gasteiger partial charge in [0.2, 0.25) is 0 Å². The minimum absolute atomic E-state index is 0.118. The van der Waals surface area contributed by atoms with E-state index in [-0.39, 0.29) is 6.03 Å². The molecule has 2 amide bonds. The number of piperazine rings is 1. The second-order valence-electron chi connectivity index (χ2n) is 7.46. The fourth-order valence-electron chi connectivity index (χ4n) is 3.78. The Labute approximate surface area is 186 Å². The molecule has 2 aliphatic heterocycles. The lowest BCUT2D eigenvalue weighted by atomic mass is 10.2. The van der Waals surface area contributed by atoms with Gasteiger partial charge in [-0.05, 0) is 24.3 Å². The van der Waals surface area contributed by atoms with Crippen LogP contribution in [0.3, 0.4) is 0 Å². The third-order valence-electron chi connectivity index (χ3n) is 5.54. The molecule has 1 aromatic heterocycles. The van der Waals surface area contributed by atoms with Crippen molar-refractivity contribution in [1.82, 2.24) is 14.9 Å². The van der Waals surface area contributed by atoms with E-state index in [0.717, 1.165) is 37.7 Å². The molecule has 3 heterocycles. The summed E-state index contributed by atoms with van der Waals surface area (Å²) in [7, 11) is 1.46. The number of hydrogen-bond donors (Lipinski definition) is 2. The van der Waals surface area contributed by atoms with E-state index in [1.165, 1.54) is 19.7 Å². The van der Waals surface area contributed by atoms with Crippen LogP contribution in [0.1, 0.15) is 5.56 Å². The van der Waals surface area contributed by atoms with Crippen LogP contribution in [0.2, 0.25) is 0 Å². The van der Waals surface area contributed by atoms with Gasteiger partial charge in [0.1, 0.15) is 25.1 Å². The maximum absolute atomic E-state index is 12.7. The van der Waals surface area contributed by atoms with Gasteiger partial charge in [-0.3, -0.25) is 0 Å². The summed E-state index contributed by atoms with van der Waals surface area (Å²) in [4.78, 5) is 32.0. The molecule has 32 heavy (non-hydrogen) atoms. The summed E-state index contributed by atoms with van der Waals surface area (Å²) in [5.41, 5.74) is 8.49. The van der Waals surface area contributed by atoms with Gasteiger partial charge in [-0.1, -0.05) is 5.16 Å². The van der Waals surface area contributed by atoms with Gasteiger partial charge in [-0.2, -0.15) is 0 Å². The monoisotopic (exact) mass is 440 g/mol. The molecule has 170 valence electrons. The van der Waals surface area contributed by atoms with Gasteiger partial charge >= 0.3 is 6.03 Å². The number of oxime groups is 1. The quantitative estimate of drug-likeness (QED) is 0.526. The maximum atomic E-state index is 12.7. The average Bonchev–Trinajstić information content (AvgIpc) is 2.84. The number of carbonyl (C=O) groups excluding carboxylic acids is 1. The summed E-state index contributed by atoms with van der Waals surface area (Å²) >= 11 is 0. The molecule has 11 nitrogen and oxygen atoms in total. The van der Waals surface area contributed by atoms with Crippen LogP contribution in [-0.2, 0) is 9.57 Å². The van der Waals surface area contributed by atoms with E-state index in [2.05, 4.69) is 30.2 Å². The Morgan fingerprint density at radius 1 is 1.09 bits per heavy atom. The molecule has 0 radical (unpaired) electrons. The highest BCUT2D eigenvalue weighted by Gasteiger charge is 2.24. The zero-order chi connectivity index (χ0) is 22.3. The highest BCUT2D eigenvalue weighted by Crippen LogP contribution is 2.22. The first-order valence-corrected chi connectivity index (χ1v) is 10.6. The van der Waals surface area contributed by atoms with Gasteiger partial charge in [-0.15, -0.1) is 0 Å². The van der Waals surface area contributed by atoms with E-state index < -0.39 is 0 Å². The number of nitrogens with two attached hydrogens (primary N) is 1. The zero-order valence-electron chi connectivity index (χ0n) is 18.1. The van der Waals surface area contributed by atoms with E-state index in [4.69, 9.17) is 15.3 Å². The smallest absolute Gasteiger partial charge is 0.321 e. The van der Waals surface area contributed by atoms with Gasteiger partial charge < -0.3 is 35.3 Å². The van der Waals surface area contributed by atoms with Gasteiger partial charge in [0.25, 0.3) is 0 Å². The van der Waals surface area contributed by atoms with Crippen molar-refractivity contribution >= 4 is 35.3 Å². The molecule has 4 rings (SSSR count). The SMILES string of the molecule is CO/N=C/c1c(N)ncnc1N1CCN(C(=O)Nc2ccc(N3CCOCC3)cc2)CC1. The minimum Gasteiger partial charge on any atom is -0.399 e. The summed E-state index contributed by atoms with van der Waals surface area (Å²) in [6.07, 6.45) is 2.93. The first kappa shape index (κ1) is 21.6. The van der Waals surface area contributed by atoms with Gasteiger partial charge in [0.15, 0.2) is 0 Å². The summed E-state index contributed by atoms with van der Waals surface area (Å²) in [5, 5.41) is 6.78. The molecule has 3 N–H and O–H groups in total. The fraction of sp³-hybridized carbons (Fsp3) is 0.429. The standard InChI is InChI=1S/C21H28N8O3/c1-31-25-14-18-19(22)23-15-24-20(18)28-6-8-29(9-7-28)21(30)26-16-2-4-17(5-3-16)27-10-12-32-13-11-27/h2-5,14-15H,6-13H2,1H3,(H,26,30)(H2,22,23,24)/b25-14+. The number of rotatable bonds is 5. The number of nitrogens with zero attached hydrogens (tertiary/aromatic N) is 6. The van der Waals surface area contributed by atoms with E-state index in [1.54, 1.807) is 4.90 Å². The number of nitrogens with one attached hydrogen (secondary N) is 1. The average molecular weight is 441 g/mol. The molecule has 0 spiro atoms. The van der Waals surface area contributed by atoms with Crippen LogP contribution in [0.15, 0.2) is 35.7 Å². The molecule has 0 aliphatic carbocycles. The molecule has 0 unspecified atom stereocenters. The van der Waals surface area contributed by atoms with Crippen molar-refractivity contribution in [3.63, 3.8) is 0 Å². The van der Waals surface area contributed by atoms with Crippen molar-refractivity contribution in [3.8, 4) is 0 Å². The second-order valence-corrected chi connectivity index (χ2v) is 7.46. The molecule has 2 aromatic rings. The van der Waals surface area contributed by atoms with E-state index in [0.29, 0.717) is 43.4 Å². The van der Waals surface area contributed by atoms with E-state index in [9.17, 15) is 4.79 Å². The Morgan fingerprint density at radius 3 is 2.50 bits per heavy atom. The van der Waals surface area contributed by atoms with Crippen LogP contribution >= 0.6 is 0 Å². The van der Waals surface area contributed by atoms with Crippen LogP contribution in [0.4, 0.5) is 27.8 Å². The minimum atomic E-state index is -0.118. The third-order valence-corrected chi connectivity index (χ3v) is 5.54. The van der Waals surface area contributed by atoms with Gasteiger partial charge in [0, 0.05) is 50.6 Å². The van der Waals surface area contributed by atoms with Crippen LogP contribution in [0, 0.1) is 0 Å². The Morgan fingerprint density at radius 2 is 1.81 bits per heavy atom. The largest absolute Gasteiger partial charge is 0.399 e. The summed E-state index contributed by atoms with van der Waals surface area (Å²) in [5.74, 6) is 1.01. The molecule has 2 aliphatic rings. The van der Waals surface area contributed by atoms with Crippen LogP contribution < -0.4 is 20.9 Å². The number of nitrogen functional groups attached to an aromatic ring is 1. The van der Waals surface area contributed by atoms with Gasteiger partial charge in [-0.25, -0.2) is 14.8 Å². The number of anilines is 4. The van der Waals surface area contributed by atoms with E-state index >= 15 is 0 Å². The number of benzene rings is 1. The second kappa shape index (κ2) is 10.1. The molecule has 0 saturated carbocycles.